The molecule has 0 bridgehead atoms. The van der Waals surface area contributed by atoms with E-state index in [1.165, 1.54) is 0 Å². The van der Waals surface area contributed by atoms with Gasteiger partial charge in [0.1, 0.15) is 12.1 Å². The maximum Gasteiger partial charge on any atom is 0.326 e. The van der Waals surface area contributed by atoms with E-state index in [1.54, 1.807) is 13.8 Å². The van der Waals surface area contributed by atoms with Crippen LogP contribution in [0.15, 0.2) is 24.3 Å². The normalized spacial score (nSPS) is 18.9. The van der Waals surface area contributed by atoms with E-state index in [0.717, 1.165) is 6.42 Å². The van der Waals surface area contributed by atoms with E-state index < -0.39 is 24.0 Å². The third kappa shape index (κ3) is 7.54. The third-order valence-corrected chi connectivity index (χ3v) is 4.09. The van der Waals surface area contributed by atoms with Crippen molar-refractivity contribution in [2.24, 2.45) is 17.8 Å². The minimum atomic E-state index is -1.06. The number of aliphatic carboxylic acids is 1. The van der Waals surface area contributed by atoms with Crippen LogP contribution < -0.4 is 10.6 Å². The molecule has 0 aromatic heterocycles. The average molecular weight is 350 g/mol. The molecule has 0 aromatic carbocycles. The lowest BCUT2D eigenvalue weighted by molar-refractivity contribution is -0.142. The summed E-state index contributed by atoms with van der Waals surface area (Å²) in [6.07, 6.45) is 9.48. The van der Waals surface area contributed by atoms with E-state index in [9.17, 15) is 19.5 Å². The van der Waals surface area contributed by atoms with Gasteiger partial charge in [0.25, 0.3) is 0 Å². The Bertz CT molecular complexity index is 538. The van der Waals surface area contributed by atoms with Crippen molar-refractivity contribution in [1.82, 2.24) is 10.6 Å². The molecule has 0 saturated heterocycles. The topological polar surface area (TPSA) is 95.5 Å². The molecule has 2 amide bonds. The van der Waals surface area contributed by atoms with E-state index in [1.807, 2.05) is 38.2 Å². The van der Waals surface area contributed by atoms with Crippen LogP contribution in [0.3, 0.4) is 0 Å². The summed E-state index contributed by atoms with van der Waals surface area (Å²) in [4.78, 5) is 36.1. The number of allylic oxidation sites excluding steroid dienone is 4. The fraction of sp³-hybridized carbons (Fsp3) is 0.632. The Morgan fingerprint density at radius 2 is 1.68 bits per heavy atom. The molecule has 3 N–H and O–H groups in total. The number of rotatable bonds is 9. The molecule has 6 heteroatoms. The number of hydrogen-bond acceptors (Lipinski definition) is 3. The van der Waals surface area contributed by atoms with E-state index in [0.29, 0.717) is 12.8 Å². The van der Waals surface area contributed by atoms with Gasteiger partial charge in [-0.05, 0) is 31.1 Å². The number of amides is 2. The summed E-state index contributed by atoms with van der Waals surface area (Å²) < 4.78 is 0. The van der Waals surface area contributed by atoms with Gasteiger partial charge in [-0.2, -0.15) is 0 Å². The minimum absolute atomic E-state index is 0.136. The molecule has 0 fully saturated rings. The molecule has 1 aliphatic rings. The van der Waals surface area contributed by atoms with Gasteiger partial charge in [0.2, 0.25) is 11.8 Å². The van der Waals surface area contributed by atoms with Crippen molar-refractivity contribution in [3.8, 4) is 0 Å². The largest absolute Gasteiger partial charge is 0.480 e. The average Bonchev–Trinajstić information content (AvgIpc) is 2.53. The van der Waals surface area contributed by atoms with Crippen molar-refractivity contribution >= 4 is 17.8 Å². The molecule has 25 heavy (non-hydrogen) atoms. The second-order valence-electron chi connectivity index (χ2n) is 7.29. The summed E-state index contributed by atoms with van der Waals surface area (Å²) in [5.74, 6) is -1.69. The zero-order valence-corrected chi connectivity index (χ0v) is 15.5. The van der Waals surface area contributed by atoms with E-state index in [2.05, 4.69) is 10.6 Å². The fourth-order valence-corrected chi connectivity index (χ4v) is 2.64. The van der Waals surface area contributed by atoms with Gasteiger partial charge in [-0.3, -0.25) is 9.59 Å². The molecule has 1 aliphatic carbocycles. The first-order valence-corrected chi connectivity index (χ1v) is 8.87. The van der Waals surface area contributed by atoms with Crippen LogP contribution in [0.2, 0.25) is 0 Å². The van der Waals surface area contributed by atoms with Gasteiger partial charge >= 0.3 is 5.97 Å². The Hall–Kier alpha value is -2.11. The van der Waals surface area contributed by atoms with Gasteiger partial charge in [0.05, 0.1) is 0 Å². The Morgan fingerprint density at radius 1 is 1.04 bits per heavy atom. The first kappa shape index (κ1) is 20.9. The van der Waals surface area contributed by atoms with E-state index >= 15 is 0 Å². The predicted molar refractivity (Wildman–Crippen MR) is 96.8 cm³/mol. The van der Waals surface area contributed by atoms with Crippen LogP contribution in [-0.4, -0.2) is 35.0 Å². The molecule has 0 aliphatic heterocycles. The summed E-state index contributed by atoms with van der Waals surface area (Å²) in [5, 5.41) is 14.7. The van der Waals surface area contributed by atoms with Gasteiger partial charge in [0, 0.05) is 5.92 Å². The molecule has 1 rings (SSSR count). The van der Waals surface area contributed by atoms with Crippen molar-refractivity contribution in [1.29, 1.82) is 0 Å². The first-order chi connectivity index (χ1) is 11.7. The summed E-state index contributed by atoms with van der Waals surface area (Å²) in [5.41, 5.74) is 0. The molecular formula is C19H30N2O4. The molecule has 0 heterocycles. The molecule has 2 unspecified atom stereocenters. The highest BCUT2D eigenvalue weighted by molar-refractivity contribution is 5.90. The Morgan fingerprint density at radius 3 is 2.16 bits per heavy atom. The summed E-state index contributed by atoms with van der Waals surface area (Å²) in [7, 11) is 0. The molecule has 0 spiro atoms. The van der Waals surface area contributed by atoms with Crippen LogP contribution in [0.25, 0.3) is 0 Å². The minimum Gasteiger partial charge on any atom is -0.480 e. The first-order valence-electron chi connectivity index (χ1n) is 8.87. The number of carbonyl (C=O) groups excluding carboxylic acids is 2. The zero-order chi connectivity index (χ0) is 19.0. The number of carbonyl (C=O) groups is 3. The van der Waals surface area contributed by atoms with Crippen LogP contribution in [-0.2, 0) is 14.4 Å². The van der Waals surface area contributed by atoms with Crippen molar-refractivity contribution in [3.05, 3.63) is 24.3 Å². The number of carboxylic acids is 1. The lowest BCUT2D eigenvalue weighted by Gasteiger charge is -2.25. The summed E-state index contributed by atoms with van der Waals surface area (Å²) in [6.45, 7) is 7.32. The smallest absolute Gasteiger partial charge is 0.326 e. The van der Waals surface area contributed by atoms with Gasteiger partial charge in [0.15, 0.2) is 0 Å². The molecule has 6 nitrogen and oxygen atoms in total. The van der Waals surface area contributed by atoms with Crippen LogP contribution in [0.4, 0.5) is 0 Å². The van der Waals surface area contributed by atoms with Gasteiger partial charge in [-0.1, -0.05) is 52.0 Å². The maximum absolute atomic E-state index is 12.6. The Kier molecular flexibility index (Phi) is 8.38. The molecule has 3 atom stereocenters. The van der Waals surface area contributed by atoms with Crippen molar-refractivity contribution in [3.63, 3.8) is 0 Å². The number of hydrogen-bond donors (Lipinski definition) is 3. The predicted octanol–water partition coefficient (Wildman–Crippen LogP) is 2.27. The standard InChI is InChI=1S/C19H30N2O4/c1-12(2)10-16(19(24)25)21-18(23)15(20-17(22)13(3)4)11-14-8-6-5-7-9-14/h5-8,12-16H,9-11H2,1-4H3,(H,20,22)(H,21,23)(H,24,25)/t14-,15?,16?/m0/s1. The van der Waals surface area contributed by atoms with E-state index in [-0.39, 0.29) is 23.7 Å². The van der Waals surface area contributed by atoms with Crippen molar-refractivity contribution < 1.29 is 19.5 Å². The van der Waals surface area contributed by atoms with Crippen molar-refractivity contribution in [2.45, 2.75) is 59.0 Å². The molecule has 0 aromatic rings. The molecular weight excluding hydrogens is 320 g/mol. The highest BCUT2D eigenvalue weighted by atomic mass is 16.4. The highest BCUT2D eigenvalue weighted by Gasteiger charge is 2.29. The van der Waals surface area contributed by atoms with Gasteiger partial charge in [-0.25, -0.2) is 4.79 Å². The van der Waals surface area contributed by atoms with Gasteiger partial charge in [-0.15, -0.1) is 0 Å². The molecule has 0 radical (unpaired) electrons. The second-order valence-corrected chi connectivity index (χ2v) is 7.29. The third-order valence-electron chi connectivity index (χ3n) is 4.09. The van der Waals surface area contributed by atoms with Gasteiger partial charge < -0.3 is 15.7 Å². The second kappa shape index (κ2) is 10.0. The lowest BCUT2D eigenvalue weighted by atomic mass is 9.92. The molecule has 0 saturated carbocycles. The highest BCUT2D eigenvalue weighted by Crippen LogP contribution is 2.18. The molecule has 140 valence electrons. The quantitative estimate of drug-likeness (QED) is 0.594. The SMILES string of the molecule is CC(C)CC(NC(=O)C(C[C@H]1C=CC=CC1)NC(=O)C(C)C)C(=O)O. The van der Waals surface area contributed by atoms with Crippen LogP contribution in [0.1, 0.15) is 47.0 Å². The maximum atomic E-state index is 12.6. The number of carboxylic acid groups (broad SMARTS) is 1. The van der Waals surface area contributed by atoms with E-state index in [4.69, 9.17) is 0 Å². The summed E-state index contributed by atoms with van der Waals surface area (Å²) >= 11 is 0. The Balaban J connectivity index is 2.82. The summed E-state index contributed by atoms with van der Waals surface area (Å²) in [6, 6.07) is -1.70. The Labute approximate surface area is 149 Å². The lowest BCUT2D eigenvalue weighted by Crippen LogP contribution is -2.53. The van der Waals surface area contributed by atoms with Crippen molar-refractivity contribution in [2.75, 3.05) is 0 Å². The number of nitrogens with one attached hydrogen (secondary N) is 2. The van der Waals surface area contributed by atoms with Crippen LogP contribution >= 0.6 is 0 Å². The fourth-order valence-electron chi connectivity index (χ4n) is 2.64. The zero-order valence-electron chi connectivity index (χ0n) is 15.5. The van der Waals surface area contributed by atoms with Crippen LogP contribution in [0.5, 0.6) is 0 Å². The van der Waals surface area contributed by atoms with Crippen LogP contribution in [0, 0.1) is 17.8 Å². The monoisotopic (exact) mass is 350 g/mol.